The van der Waals surface area contributed by atoms with E-state index in [1.807, 2.05) is 42.2 Å². The highest BCUT2D eigenvalue weighted by Crippen LogP contribution is 2.36. The van der Waals surface area contributed by atoms with Crippen LogP contribution < -0.4 is 5.32 Å². The smallest absolute Gasteiger partial charge is 0.316 e. The summed E-state index contributed by atoms with van der Waals surface area (Å²) in [5.41, 5.74) is 0.332. The highest BCUT2D eigenvalue weighted by molar-refractivity contribution is 5.91. The lowest BCUT2D eigenvalue weighted by atomic mass is 9.72. The Kier molecular flexibility index (Phi) is 5.91. The summed E-state index contributed by atoms with van der Waals surface area (Å²) < 4.78 is 10.3. The molecule has 0 saturated carbocycles. The minimum absolute atomic E-state index is 0.147. The van der Waals surface area contributed by atoms with Crippen LogP contribution in [0.25, 0.3) is 0 Å². The molecule has 0 bridgehead atoms. The van der Waals surface area contributed by atoms with E-state index in [4.69, 9.17) is 9.26 Å². The molecule has 1 saturated heterocycles. The van der Waals surface area contributed by atoms with Crippen LogP contribution in [0.3, 0.4) is 0 Å². The highest BCUT2D eigenvalue weighted by Gasteiger charge is 2.44. The van der Waals surface area contributed by atoms with Crippen molar-refractivity contribution in [3.63, 3.8) is 0 Å². The van der Waals surface area contributed by atoms with E-state index in [1.165, 1.54) is 0 Å². The van der Waals surface area contributed by atoms with Crippen molar-refractivity contribution < 1.29 is 18.8 Å². The van der Waals surface area contributed by atoms with Crippen LogP contribution in [-0.2, 0) is 19.7 Å². The Morgan fingerprint density at radius 2 is 1.96 bits per heavy atom. The maximum atomic E-state index is 12.8. The monoisotopic (exact) mass is 371 g/mol. The van der Waals surface area contributed by atoms with Crippen LogP contribution in [0.15, 0.2) is 40.9 Å². The van der Waals surface area contributed by atoms with Gasteiger partial charge in [0.05, 0.1) is 18.6 Å². The van der Waals surface area contributed by atoms with E-state index in [-0.39, 0.29) is 18.4 Å². The van der Waals surface area contributed by atoms with E-state index in [2.05, 4.69) is 10.5 Å². The van der Waals surface area contributed by atoms with Gasteiger partial charge in [0.1, 0.15) is 5.76 Å². The van der Waals surface area contributed by atoms with Crippen molar-refractivity contribution in [1.29, 1.82) is 0 Å². The third-order valence-corrected chi connectivity index (χ3v) is 4.96. The summed E-state index contributed by atoms with van der Waals surface area (Å²) >= 11 is 0. The van der Waals surface area contributed by atoms with Crippen LogP contribution in [0.2, 0.25) is 0 Å². The summed E-state index contributed by atoms with van der Waals surface area (Å²) in [6, 6.07) is 11.5. The summed E-state index contributed by atoms with van der Waals surface area (Å²) in [5.74, 6) is 0.732. The number of piperidine rings is 1. The fourth-order valence-electron chi connectivity index (χ4n) is 3.54. The molecule has 144 valence electrons. The number of aryl methyl sites for hydroxylation is 1. The van der Waals surface area contributed by atoms with Gasteiger partial charge < -0.3 is 14.6 Å². The van der Waals surface area contributed by atoms with Crippen molar-refractivity contribution in [1.82, 2.24) is 10.1 Å². The van der Waals surface area contributed by atoms with E-state index >= 15 is 0 Å². The zero-order valence-electron chi connectivity index (χ0n) is 15.7. The lowest BCUT2D eigenvalue weighted by molar-refractivity contribution is -0.152. The van der Waals surface area contributed by atoms with Gasteiger partial charge in [-0.15, -0.1) is 0 Å². The number of benzene rings is 1. The number of hydrogen-bond acceptors (Lipinski definition) is 6. The average Bonchev–Trinajstić information content (AvgIpc) is 3.08. The van der Waals surface area contributed by atoms with Gasteiger partial charge in [-0.2, -0.15) is 0 Å². The maximum absolute atomic E-state index is 12.8. The number of anilines is 1. The second-order valence-electron chi connectivity index (χ2n) is 6.82. The maximum Gasteiger partial charge on any atom is 0.316 e. The van der Waals surface area contributed by atoms with Crippen LogP contribution in [0, 0.1) is 6.92 Å². The van der Waals surface area contributed by atoms with E-state index in [9.17, 15) is 9.59 Å². The van der Waals surface area contributed by atoms with E-state index in [0.717, 1.165) is 5.56 Å². The third kappa shape index (κ3) is 4.36. The number of ether oxygens (including phenoxy) is 1. The zero-order valence-corrected chi connectivity index (χ0v) is 15.7. The molecule has 1 amide bonds. The van der Waals surface area contributed by atoms with Crippen LogP contribution >= 0.6 is 0 Å². The SMILES string of the molecule is CCOC(=O)C1(c2ccccc2)CCN(CC(=O)Nc2cc(C)on2)CC1. The van der Waals surface area contributed by atoms with E-state index in [1.54, 1.807) is 13.0 Å². The molecule has 1 aromatic heterocycles. The second kappa shape index (κ2) is 8.35. The summed E-state index contributed by atoms with van der Waals surface area (Å²) in [5, 5.41) is 6.50. The van der Waals surface area contributed by atoms with Gasteiger partial charge in [0.25, 0.3) is 0 Å². The molecule has 0 atom stereocenters. The Hall–Kier alpha value is -2.67. The molecule has 1 N–H and O–H groups in total. The van der Waals surface area contributed by atoms with Crippen molar-refractivity contribution in [2.45, 2.75) is 32.1 Å². The molecule has 3 rings (SSSR count). The molecule has 0 radical (unpaired) electrons. The molecular formula is C20H25N3O4. The van der Waals surface area contributed by atoms with Crippen molar-refractivity contribution in [3.05, 3.63) is 47.7 Å². The Morgan fingerprint density at radius 3 is 2.56 bits per heavy atom. The predicted molar refractivity (Wildman–Crippen MR) is 100 cm³/mol. The average molecular weight is 371 g/mol. The number of nitrogens with zero attached hydrogens (tertiary/aromatic N) is 2. The number of hydrogen-bond donors (Lipinski definition) is 1. The molecule has 7 nitrogen and oxygen atoms in total. The van der Waals surface area contributed by atoms with Crippen LogP contribution in [-0.4, -0.2) is 48.2 Å². The zero-order chi connectivity index (χ0) is 19.3. The Labute approximate surface area is 158 Å². The standard InChI is InChI=1S/C20H25N3O4/c1-3-26-19(25)20(16-7-5-4-6-8-16)9-11-23(12-10-20)14-18(24)21-17-13-15(2)27-22-17/h4-8,13H,3,9-12,14H2,1-2H3,(H,21,22,24). The topological polar surface area (TPSA) is 84.7 Å². The molecule has 27 heavy (non-hydrogen) atoms. The number of rotatable bonds is 6. The fraction of sp³-hybridized carbons (Fsp3) is 0.450. The van der Waals surface area contributed by atoms with Crippen LogP contribution in [0.4, 0.5) is 5.82 Å². The number of amides is 1. The third-order valence-electron chi connectivity index (χ3n) is 4.96. The van der Waals surface area contributed by atoms with Crippen molar-refractivity contribution in [2.75, 3.05) is 31.6 Å². The molecule has 7 heteroatoms. The normalized spacial score (nSPS) is 16.7. The first-order chi connectivity index (χ1) is 13.0. The number of carbonyl (C=O) groups excluding carboxylic acids is 2. The van der Waals surface area contributed by atoms with Gasteiger partial charge in [0, 0.05) is 19.2 Å². The first kappa shape index (κ1) is 19.1. The molecule has 0 unspecified atom stereocenters. The fourth-order valence-corrected chi connectivity index (χ4v) is 3.54. The van der Waals surface area contributed by atoms with Gasteiger partial charge in [-0.05, 0) is 32.3 Å². The quantitative estimate of drug-likeness (QED) is 0.786. The van der Waals surface area contributed by atoms with Gasteiger partial charge in [0.15, 0.2) is 5.82 Å². The Balaban J connectivity index is 1.64. The lowest BCUT2D eigenvalue weighted by Crippen LogP contribution is -2.49. The summed E-state index contributed by atoms with van der Waals surface area (Å²) in [6.45, 7) is 5.47. The first-order valence-corrected chi connectivity index (χ1v) is 9.22. The van der Waals surface area contributed by atoms with Gasteiger partial charge in [-0.1, -0.05) is 35.5 Å². The number of carbonyl (C=O) groups is 2. The minimum Gasteiger partial charge on any atom is -0.465 e. The van der Waals surface area contributed by atoms with Crippen LogP contribution in [0.5, 0.6) is 0 Å². The second-order valence-corrected chi connectivity index (χ2v) is 6.82. The van der Waals surface area contributed by atoms with E-state index in [0.29, 0.717) is 44.1 Å². The molecule has 2 aromatic rings. The van der Waals surface area contributed by atoms with Crippen molar-refractivity contribution in [2.24, 2.45) is 0 Å². The molecule has 2 heterocycles. The van der Waals surface area contributed by atoms with Gasteiger partial charge in [-0.3, -0.25) is 14.5 Å². The molecule has 0 aliphatic carbocycles. The lowest BCUT2D eigenvalue weighted by Gasteiger charge is -2.40. The minimum atomic E-state index is -0.645. The molecule has 0 spiro atoms. The molecule has 1 aliphatic heterocycles. The van der Waals surface area contributed by atoms with Crippen molar-refractivity contribution >= 4 is 17.7 Å². The van der Waals surface area contributed by atoms with Gasteiger partial charge in [0.2, 0.25) is 5.91 Å². The molecular weight excluding hydrogens is 346 g/mol. The number of nitrogens with one attached hydrogen (secondary N) is 1. The molecule has 1 fully saturated rings. The highest BCUT2D eigenvalue weighted by atomic mass is 16.5. The van der Waals surface area contributed by atoms with Gasteiger partial charge >= 0.3 is 5.97 Å². The first-order valence-electron chi connectivity index (χ1n) is 9.22. The Morgan fingerprint density at radius 1 is 1.26 bits per heavy atom. The molecule has 1 aromatic carbocycles. The number of likely N-dealkylation sites (tertiary alicyclic amines) is 1. The summed E-state index contributed by atoms with van der Waals surface area (Å²) in [7, 11) is 0. The molecule has 1 aliphatic rings. The number of esters is 1. The van der Waals surface area contributed by atoms with Crippen LogP contribution in [0.1, 0.15) is 31.1 Å². The Bertz CT molecular complexity index is 780. The van der Waals surface area contributed by atoms with Crippen molar-refractivity contribution in [3.8, 4) is 0 Å². The largest absolute Gasteiger partial charge is 0.465 e. The number of aromatic nitrogens is 1. The predicted octanol–water partition coefficient (Wildman–Crippen LogP) is 2.52. The van der Waals surface area contributed by atoms with Gasteiger partial charge in [-0.25, -0.2) is 0 Å². The summed E-state index contributed by atoms with van der Waals surface area (Å²) in [4.78, 5) is 27.0. The van der Waals surface area contributed by atoms with E-state index < -0.39 is 5.41 Å². The summed E-state index contributed by atoms with van der Waals surface area (Å²) in [6.07, 6.45) is 1.23.